The maximum Gasteiger partial charge on any atom is 0.333 e. The van der Waals surface area contributed by atoms with Crippen molar-refractivity contribution in [1.29, 1.82) is 0 Å². The summed E-state index contributed by atoms with van der Waals surface area (Å²) in [5.74, 6) is 0.209. The Balaban J connectivity index is 1.68. The van der Waals surface area contributed by atoms with Gasteiger partial charge in [0.2, 0.25) is 0 Å². The van der Waals surface area contributed by atoms with Crippen molar-refractivity contribution in [2.75, 3.05) is 13.2 Å². The predicted molar refractivity (Wildman–Crippen MR) is 61.1 cm³/mol. The topological polar surface area (TPSA) is 52.6 Å². The Bertz CT molecular complexity index is 337. The molecule has 2 fully saturated rings. The number of hydrogen-bond acceptors (Lipinski definition) is 4. The Morgan fingerprint density at radius 1 is 1.06 bits per heavy atom. The van der Waals surface area contributed by atoms with Gasteiger partial charge >= 0.3 is 11.9 Å². The van der Waals surface area contributed by atoms with Gasteiger partial charge in [-0.1, -0.05) is 0 Å². The summed E-state index contributed by atoms with van der Waals surface area (Å²) in [5.41, 5.74) is 0.312. The molecule has 2 saturated carbocycles. The minimum Gasteiger partial charge on any atom is -0.462 e. The fraction of sp³-hybridized carbons (Fsp3) is 0.692. The predicted octanol–water partition coefficient (Wildman–Crippen LogP) is 1.84. The maximum absolute atomic E-state index is 11.5. The van der Waals surface area contributed by atoms with Crippen LogP contribution in [-0.2, 0) is 19.1 Å². The third-order valence-electron chi connectivity index (χ3n) is 2.96. The van der Waals surface area contributed by atoms with Gasteiger partial charge in [-0.25, -0.2) is 9.59 Å². The van der Waals surface area contributed by atoms with Gasteiger partial charge < -0.3 is 9.47 Å². The van der Waals surface area contributed by atoms with Crippen molar-refractivity contribution in [3.05, 3.63) is 11.6 Å². The Morgan fingerprint density at radius 3 is 2.12 bits per heavy atom. The molecule has 0 aromatic carbocycles. The molecule has 0 aliphatic heterocycles. The van der Waals surface area contributed by atoms with Gasteiger partial charge in [-0.15, -0.1) is 0 Å². The molecule has 0 N–H and O–H groups in total. The zero-order valence-corrected chi connectivity index (χ0v) is 10.1. The van der Waals surface area contributed by atoms with Crippen LogP contribution >= 0.6 is 0 Å². The Kier molecular flexibility index (Phi) is 3.82. The van der Waals surface area contributed by atoms with Crippen LogP contribution in [-0.4, -0.2) is 25.2 Å². The van der Waals surface area contributed by atoms with E-state index in [1.54, 1.807) is 6.92 Å². The summed E-state index contributed by atoms with van der Waals surface area (Å²) in [4.78, 5) is 22.8. The molecular weight excluding hydrogens is 220 g/mol. The van der Waals surface area contributed by atoms with Crippen molar-refractivity contribution in [3.8, 4) is 0 Å². The maximum atomic E-state index is 11.5. The number of esters is 2. The molecule has 4 heteroatoms. The highest BCUT2D eigenvalue weighted by Crippen LogP contribution is 2.29. The second kappa shape index (κ2) is 5.34. The third kappa shape index (κ3) is 4.59. The average molecular weight is 238 g/mol. The lowest BCUT2D eigenvalue weighted by molar-refractivity contribution is -0.141. The zero-order valence-electron chi connectivity index (χ0n) is 10.1. The zero-order chi connectivity index (χ0) is 12.3. The smallest absolute Gasteiger partial charge is 0.333 e. The molecule has 17 heavy (non-hydrogen) atoms. The highest BCUT2D eigenvalue weighted by Gasteiger charge is 2.24. The molecule has 0 aromatic heterocycles. The van der Waals surface area contributed by atoms with Crippen molar-refractivity contribution in [3.63, 3.8) is 0 Å². The van der Waals surface area contributed by atoms with E-state index in [1.807, 2.05) is 0 Å². The standard InChI is InChI=1S/C13H18O4/c1-9(13(15)17-8-11-4-5-11)6-12(14)16-7-10-2-3-10/h6,10-11H,2-5,7-8H2,1H3. The normalized spacial score (nSPS) is 19.9. The molecule has 0 unspecified atom stereocenters. The number of ether oxygens (including phenoxy) is 2. The fourth-order valence-corrected chi connectivity index (χ4v) is 1.35. The molecule has 4 nitrogen and oxygen atoms in total. The second-order valence-electron chi connectivity index (χ2n) is 4.94. The van der Waals surface area contributed by atoms with E-state index >= 15 is 0 Å². The SMILES string of the molecule is CC(=CC(=O)OCC1CC1)C(=O)OCC1CC1. The van der Waals surface area contributed by atoms with Crippen LogP contribution in [0.15, 0.2) is 11.6 Å². The molecule has 0 bridgehead atoms. The van der Waals surface area contributed by atoms with E-state index in [4.69, 9.17) is 9.47 Å². The minimum absolute atomic E-state index is 0.312. The molecule has 2 rings (SSSR count). The average Bonchev–Trinajstić information content (AvgIpc) is 3.16. The van der Waals surface area contributed by atoms with E-state index in [2.05, 4.69) is 0 Å². The summed E-state index contributed by atoms with van der Waals surface area (Å²) in [7, 11) is 0. The first-order valence-corrected chi connectivity index (χ1v) is 6.17. The van der Waals surface area contributed by atoms with Gasteiger partial charge in [0.1, 0.15) is 0 Å². The van der Waals surface area contributed by atoms with Gasteiger partial charge in [0.15, 0.2) is 0 Å². The molecule has 0 aromatic rings. The van der Waals surface area contributed by atoms with Crippen molar-refractivity contribution in [2.45, 2.75) is 32.6 Å². The van der Waals surface area contributed by atoms with Gasteiger partial charge in [-0.3, -0.25) is 0 Å². The largest absolute Gasteiger partial charge is 0.462 e. The summed E-state index contributed by atoms with van der Waals surface area (Å²) in [6.07, 6.45) is 5.77. The van der Waals surface area contributed by atoms with Crippen LogP contribution in [0.2, 0.25) is 0 Å². The van der Waals surface area contributed by atoms with Crippen LogP contribution in [0.3, 0.4) is 0 Å². The third-order valence-corrected chi connectivity index (χ3v) is 2.96. The fourth-order valence-electron chi connectivity index (χ4n) is 1.35. The molecule has 94 valence electrons. The number of carbonyl (C=O) groups is 2. The van der Waals surface area contributed by atoms with Crippen LogP contribution < -0.4 is 0 Å². The molecule has 0 heterocycles. The Morgan fingerprint density at radius 2 is 1.59 bits per heavy atom. The first-order chi connectivity index (χ1) is 8.15. The van der Waals surface area contributed by atoms with Crippen LogP contribution in [0.4, 0.5) is 0 Å². The highest BCUT2D eigenvalue weighted by molar-refractivity contribution is 5.95. The first-order valence-electron chi connectivity index (χ1n) is 6.17. The quantitative estimate of drug-likeness (QED) is 0.523. The highest BCUT2D eigenvalue weighted by atomic mass is 16.5. The molecule has 2 aliphatic carbocycles. The van der Waals surface area contributed by atoms with Crippen molar-refractivity contribution in [1.82, 2.24) is 0 Å². The lowest BCUT2D eigenvalue weighted by atomic mass is 10.3. The molecule has 0 saturated heterocycles. The van der Waals surface area contributed by atoms with Crippen LogP contribution in [0, 0.1) is 11.8 Å². The Hall–Kier alpha value is -1.32. The van der Waals surface area contributed by atoms with Gasteiger partial charge in [-0.05, 0) is 44.4 Å². The summed E-state index contributed by atoms with van der Waals surface area (Å²) in [6, 6.07) is 0. The Labute approximate surface area is 101 Å². The van der Waals surface area contributed by atoms with E-state index in [9.17, 15) is 9.59 Å². The lowest BCUT2D eigenvalue weighted by Crippen LogP contribution is -2.11. The van der Waals surface area contributed by atoms with Gasteiger partial charge in [0.05, 0.1) is 13.2 Å². The number of rotatable bonds is 6. The summed E-state index contributed by atoms with van der Waals surface area (Å²) < 4.78 is 10.1. The molecule has 0 atom stereocenters. The molecule has 2 aliphatic rings. The number of hydrogen-bond donors (Lipinski definition) is 0. The summed E-state index contributed by atoms with van der Waals surface area (Å²) in [5, 5.41) is 0. The van der Waals surface area contributed by atoms with Crippen LogP contribution in [0.5, 0.6) is 0 Å². The van der Waals surface area contributed by atoms with Crippen molar-refractivity contribution < 1.29 is 19.1 Å². The molecular formula is C13H18O4. The van der Waals surface area contributed by atoms with Gasteiger partial charge in [0.25, 0.3) is 0 Å². The monoisotopic (exact) mass is 238 g/mol. The van der Waals surface area contributed by atoms with Gasteiger partial charge in [0, 0.05) is 11.6 Å². The number of carbonyl (C=O) groups excluding carboxylic acids is 2. The van der Waals surface area contributed by atoms with E-state index in [-0.39, 0.29) is 0 Å². The second-order valence-corrected chi connectivity index (χ2v) is 4.94. The van der Waals surface area contributed by atoms with E-state index in [0.717, 1.165) is 25.7 Å². The molecule has 0 amide bonds. The minimum atomic E-state index is -0.447. The molecule has 0 spiro atoms. The van der Waals surface area contributed by atoms with E-state index < -0.39 is 11.9 Å². The van der Waals surface area contributed by atoms with E-state index in [1.165, 1.54) is 6.08 Å². The lowest BCUT2D eigenvalue weighted by Gasteiger charge is -2.04. The van der Waals surface area contributed by atoms with Crippen LogP contribution in [0.1, 0.15) is 32.6 Å². The van der Waals surface area contributed by atoms with E-state index in [0.29, 0.717) is 30.6 Å². The summed E-state index contributed by atoms with van der Waals surface area (Å²) in [6.45, 7) is 2.52. The van der Waals surface area contributed by atoms with Crippen molar-refractivity contribution >= 4 is 11.9 Å². The van der Waals surface area contributed by atoms with Crippen LogP contribution in [0.25, 0.3) is 0 Å². The molecule has 0 radical (unpaired) electrons. The van der Waals surface area contributed by atoms with Crippen molar-refractivity contribution in [2.24, 2.45) is 11.8 Å². The first kappa shape index (κ1) is 12.1. The van der Waals surface area contributed by atoms with Gasteiger partial charge in [-0.2, -0.15) is 0 Å². The summed E-state index contributed by atoms with van der Waals surface area (Å²) >= 11 is 0.